The Morgan fingerprint density at radius 1 is 1.04 bits per heavy atom. The van der Waals surface area contributed by atoms with Crippen LogP contribution in [0.1, 0.15) is 11.1 Å². The Bertz CT molecular complexity index is 847. The average molecular weight is 369 g/mol. The summed E-state index contributed by atoms with van der Waals surface area (Å²) < 4.78 is 1.51. The molecule has 23 heavy (non-hydrogen) atoms. The van der Waals surface area contributed by atoms with E-state index in [1.54, 1.807) is 18.2 Å². The number of aromatic nitrogens is 4. The smallest absolute Gasteiger partial charge is 0.248 e. The molecular weight excluding hydrogens is 357 g/mol. The molecule has 1 aromatic heterocycles. The van der Waals surface area contributed by atoms with Gasteiger partial charge in [0.2, 0.25) is 5.95 Å². The number of rotatable bonds is 4. The zero-order valence-corrected chi connectivity index (χ0v) is 14.4. The van der Waals surface area contributed by atoms with Gasteiger partial charge in [-0.25, -0.2) is 0 Å². The van der Waals surface area contributed by atoms with E-state index in [0.29, 0.717) is 28.2 Å². The van der Waals surface area contributed by atoms with Gasteiger partial charge in [-0.2, -0.15) is 4.68 Å². The summed E-state index contributed by atoms with van der Waals surface area (Å²) in [6.07, 6.45) is 0. The highest BCUT2D eigenvalue weighted by molar-refractivity contribution is 6.43. The molecule has 5 nitrogen and oxygen atoms in total. The third kappa shape index (κ3) is 3.27. The molecule has 0 aliphatic heterocycles. The third-order valence-electron chi connectivity index (χ3n) is 3.45. The van der Waals surface area contributed by atoms with Crippen molar-refractivity contribution >= 4 is 40.8 Å². The molecule has 0 bridgehead atoms. The molecule has 0 spiro atoms. The van der Waals surface area contributed by atoms with Gasteiger partial charge in [0, 0.05) is 11.6 Å². The summed E-state index contributed by atoms with van der Waals surface area (Å²) in [7, 11) is 0. The fourth-order valence-electron chi connectivity index (χ4n) is 2.13. The number of benzene rings is 2. The van der Waals surface area contributed by atoms with Crippen molar-refractivity contribution in [2.24, 2.45) is 0 Å². The highest BCUT2D eigenvalue weighted by Crippen LogP contribution is 2.29. The topological polar surface area (TPSA) is 55.6 Å². The molecule has 0 saturated heterocycles. The summed E-state index contributed by atoms with van der Waals surface area (Å²) in [4.78, 5) is 0. The summed E-state index contributed by atoms with van der Waals surface area (Å²) >= 11 is 18.4. The Labute approximate surface area is 148 Å². The molecule has 8 heteroatoms. The van der Waals surface area contributed by atoms with Gasteiger partial charge in [-0.3, -0.25) is 0 Å². The molecule has 0 aliphatic carbocycles. The Balaban J connectivity index is 1.87. The summed E-state index contributed by atoms with van der Waals surface area (Å²) in [6, 6.07) is 11.0. The van der Waals surface area contributed by atoms with Crippen molar-refractivity contribution in [2.45, 2.75) is 13.5 Å². The molecule has 0 amide bonds. The molecule has 3 rings (SSSR count). The molecule has 0 aliphatic rings. The number of anilines is 1. The van der Waals surface area contributed by atoms with Crippen LogP contribution in [0.15, 0.2) is 36.4 Å². The number of tetrazole rings is 1. The zero-order chi connectivity index (χ0) is 16.4. The van der Waals surface area contributed by atoms with Gasteiger partial charge in [0.15, 0.2) is 0 Å². The second-order valence-corrected chi connectivity index (χ2v) is 6.06. The van der Waals surface area contributed by atoms with Gasteiger partial charge in [-0.05, 0) is 46.7 Å². The average Bonchev–Trinajstić information content (AvgIpc) is 3.00. The first kappa shape index (κ1) is 16.1. The lowest BCUT2D eigenvalue weighted by molar-refractivity contribution is 0.789. The van der Waals surface area contributed by atoms with Crippen LogP contribution in [0.5, 0.6) is 0 Å². The van der Waals surface area contributed by atoms with Gasteiger partial charge in [-0.15, -0.1) is 0 Å². The van der Waals surface area contributed by atoms with Crippen LogP contribution >= 0.6 is 34.8 Å². The highest BCUT2D eigenvalue weighted by Gasteiger charge is 2.13. The van der Waals surface area contributed by atoms with Gasteiger partial charge in [0.1, 0.15) is 0 Å². The molecular formula is C15H12Cl3N5. The summed E-state index contributed by atoms with van der Waals surface area (Å²) in [5.74, 6) is 0.466. The van der Waals surface area contributed by atoms with Crippen LogP contribution in [-0.2, 0) is 6.54 Å². The van der Waals surface area contributed by atoms with E-state index in [9.17, 15) is 0 Å². The first-order valence-corrected chi connectivity index (χ1v) is 7.92. The Kier molecular flexibility index (Phi) is 4.71. The van der Waals surface area contributed by atoms with Crippen molar-refractivity contribution in [3.05, 3.63) is 62.6 Å². The van der Waals surface area contributed by atoms with Crippen LogP contribution in [0.25, 0.3) is 5.69 Å². The van der Waals surface area contributed by atoms with Crippen molar-refractivity contribution < 1.29 is 0 Å². The molecule has 0 atom stereocenters. The van der Waals surface area contributed by atoms with Gasteiger partial charge in [0.25, 0.3) is 0 Å². The van der Waals surface area contributed by atoms with Gasteiger partial charge in [0.05, 0.1) is 15.7 Å². The van der Waals surface area contributed by atoms with Crippen molar-refractivity contribution in [1.29, 1.82) is 0 Å². The zero-order valence-electron chi connectivity index (χ0n) is 12.1. The maximum atomic E-state index is 6.23. The summed E-state index contributed by atoms with van der Waals surface area (Å²) in [6.45, 7) is 2.50. The van der Waals surface area contributed by atoms with Crippen LogP contribution in [0.4, 0.5) is 5.95 Å². The van der Waals surface area contributed by atoms with Crippen molar-refractivity contribution in [3.8, 4) is 5.69 Å². The van der Waals surface area contributed by atoms with Crippen LogP contribution < -0.4 is 5.32 Å². The molecule has 3 aromatic rings. The Morgan fingerprint density at radius 3 is 2.61 bits per heavy atom. The maximum absolute atomic E-state index is 6.23. The van der Waals surface area contributed by atoms with Crippen molar-refractivity contribution in [2.75, 3.05) is 5.32 Å². The Morgan fingerprint density at radius 2 is 1.78 bits per heavy atom. The predicted molar refractivity (Wildman–Crippen MR) is 92.7 cm³/mol. The highest BCUT2D eigenvalue weighted by atomic mass is 35.5. The van der Waals surface area contributed by atoms with E-state index in [1.165, 1.54) is 4.68 Å². The van der Waals surface area contributed by atoms with Crippen LogP contribution in [0, 0.1) is 6.92 Å². The quantitative estimate of drug-likeness (QED) is 0.734. The Hall–Kier alpha value is -1.82. The second-order valence-electron chi connectivity index (χ2n) is 4.86. The fraction of sp³-hybridized carbons (Fsp3) is 0.133. The normalized spacial score (nSPS) is 10.8. The molecule has 0 fully saturated rings. The lowest BCUT2D eigenvalue weighted by Crippen LogP contribution is -2.08. The molecule has 1 N–H and O–H groups in total. The van der Waals surface area contributed by atoms with Crippen LogP contribution in [0.2, 0.25) is 15.1 Å². The lowest BCUT2D eigenvalue weighted by atomic mass is 10.1. The third-order valence-corrected chi connectivity index (χ3v) is 4.66. The summed E-state index contributed by atoms with van der Waals surface area (Å²) in [5, 5.41) is 16.4. The number of nitrogens with one attached hydrogen (secondary N) is 1. The first-order chi connectivity index (χ1) is 11.1. The van der Waals surface area contributed by atoms with Gasteiger partial charge >= 0.3 is 0 Å². The minimum Gasteiger partial charge on any atom is -0.349 e. The second kappa shape index (κ2) is 6.74. The van der Waals surface area contributed by atoms with Crippen molar-refractivity contribution in [3.63, 3.8) is 0 Å². The SMILES string of the molecule is Cc1c(Cl)cccc1CNc1nnnn1-c1cccc(Cl)c1Cl. The molecule has 118 valence electrons. The minimum absolute atomic E-state index is 0.392. The lowest BCUT2D eigenvalue weighted by Gasteiger charge is -2.11. The van der Waals surface area contributed by atoms with Crippen LogP contribution in [0.3, 0.4) is 0 Å². The first-order valence-electron chi connectivity index (χ1n) is 6.78. The maximum Gasteiger partial charge on any atom is 0.248 e. The van der Waals surface area contributed by atoms with Crippen LogP contribution in [-0.4, -0.2) is 20.2 Å². The molecule has 0 saturated carbocycles. The van der Waals surface area contributed by atoms with E-state index in [2.05, 4.69) is 20.8 Å². The fourth-order valence-corrected chi connectivity index (χ4v) is 2.70. The predicted octanol–water partition coefficient (Wildman–Crippen LogP) is 4.54. The van der Waals surface area contributed by atoms with E-state index in [1.807, 2.05) is 25.1 Å². The van der Waals surface area contributed by atoms with Gasteiger partial charge < -0.3 is 5.32 Å². The van der Waals surface area contributed by atoms with E-state index >= 15 is 0 Å². The molecule has 1 heterocycles. The molecule has 0 radical (unpaired) electrons. The largest absolute Gasteiger partial charge is 0.349 e. The van der Waals surface area contributed by atoms with E-state index in [-0.39, 0.29) is 0 Å². The number of nitrogens with zero attached hydrogens (tertiary/aromatic N) is 4. The molecule has 0 unspecified atom stereocenters. The minimum atomic E-state index is 0.392. The number of halogens is 3. The van der Waals surface area contributed by atoms with E-state index in [0.717, 1.165) is 16.1 Å². The van der Waals surface area contributed by atoms with Gasteiger partial charge in [-0.1, -0.05) is 58.1 Å². The van der Waals surface area contributed by atoms with E-state index < -0.39 is 0 Å². The molecule has 2 aromatic carbocycles. The number of hydrogen-bond donors (Lipinski definition) is 1. The monoisotopic (exact) mass is 367 g/mol. The standard InChI is InChI=1S/C15H12Cl3N5/c1-9-10(4-2-5-11(9)16)8-19-15-20-21-22-23(15)13-7-3-6-12(17)14(13)18/h2-7H,8H2,1H3,(H,19,20,22). The number of hydrogen-bond acceptors (Lipinski definition) is 4. The van der Waals surface area contributed by atoms with Crippen molar-refractivity contribution in [1.82, 2.24) is 20.2 Å². The summed E-state index contributed by atoms with van der Waals surface area (Å²) in [5.41, 5.74) is 2.68. The van der Waals surface area contributed by atoms with E-state index in [4.69, 9.17) is 34.8 Å².